The van der Waals surface area contributed by atoms with Gasteiger partial charge < -0.3 is 10.6 Å². The Labute approximate surface area is 117 Å². The number of carbonyl (C=O) groups is 1. The van der Waals surface area contributed by atoms with Gasteiger partial charge in [0.2, 0.25) is 5.91 Å². The van der Waals surface area contributed by atoms with E-state index in [1.807, 2.05) is 0 Å². The van der Waals surface area contributed by atoms with Crippen molar-refractivity contribution in [2.75, 3.05) is 13.1 Å². The van der Waals surface area contributed by atoms with E-state index in [9.17, 15) is 4.79 Å². The molecule has 1 saturated carbocycles. The molecule has 2 aliphatic rings. The molecule has 0 radical (unpaired) electrons. The first-order valence-corrected chi connectivity index (χ1v) is 8.23. The molecule has 1 aliphatic carbocycles. The Balaban J connectivity index is 1.86. The number of nitrogens with zero attached hydrogens (tertiary/aromatic N) is 1. The van der Waals surface area contributed by atoms with E-state index in [-0.39, 0.29) is 5.92 Å². The van der Waals surface area contributed by atoms with Crippen LogP contribution in [0.2, 0.25) is 0 Å². The standard InChI is InChI=1S/C16H30N2O/c1-13(11-14-7-3-2-4-8-14)16(19)18-10-6-5-9-15(18)12-17/h13-15H,2-12,17H2,1H3. The van der Waals surface area contributed by atoms with Crippen LogP contribution < -0.4 is 5.73 Å². The largest absolute Gasteiger partial charge is 0.338 e. The van der Waals surface area contributed by atoms with Gasteiger partial charge in [0, 0.05) is 25.0 Å². The van der Waals surface area contributed by atoms with Crippen molar-refractivity contribution in [1.82, 2.24) is 4.90 Å². The Morgan fingerprint density at radius 3 is 2.53 bits per heavy atom. The first-order chi connectivity index (χ1) is 9.22. The predicted molar refractivity (Wildman–Crippen MR) is 78.8 cm³/mol. The molecule has 0 aromatic rings. The normalized spacial score (nSPS) is 27.3. The van der Waals surface area contributed by atoms with Gasteiger partial charge in [0.05, 0.1) is 0 Å². The van der Waals surface area contributed by atoms with Gasteiger partial charge in [-0.25, -0.2) is 0 Å². The summed E-state index contributed by atoms with van der Waals surface area (Å²) < 4.78 is 0. The minimum Gasteiger partial charge on any atom is -0.338 e. The monoisotopic (exact) mass is 266 g/mol. The molecule has 2 unspecified atom stereocenters. The average Bonchev–Trinajstić information content (AvgIpc) is 2.47. The number of hydrogen-bond acceptors (Lipinski definition) is 2. The van der Waals surface area contributed by atoms with Crippen molar-refractivity contribution in [3.63, 3.8) is 0 Å². The second-order valence-corrected chi connectivity index (χ2v) is 6.56. The van der Waals surface area contributed by atoms with Crippen LogP contribution in [-0.4, -0.2) is 29.9 Å². The van der Waals surface area contributed by atoms with Crippen LogP contribution >= 0.6 is 0 Å². The smallest absolute Gasteiger partial charge is 0.225 e. The number of likely N-dealkylation sites (tertiary alicyclic amines) is 1. The Bertz CT molecular complexity index is 286. The molecule has 1 saturated heterocycles. The van der Waals surface area contributed by atoms with E-state index in [1.54, 1.807) is 0 Å². The topological polar surface area (TPSA) is 46.3 Å². The van der Waals surface area contributed by atoms with Gasteiger partial charge in [-0.15, -0.1) is 0 Å². The summed E-state index contributed by atoms with van der Waals surface area (Å²) in [4.78, 5) is 14.7. The second-order valence-electron chi connectivity index (χ2n) is 6.56. The zero-order valence-electron chi connectivity index (χ0n) is 12.4. The Morgan fingerprint density at radius 2 is 1.84 bits per heavy atom. The van der Waals surface area contributed by atoms with E-state index in [4.69, 9.17) is 5.73 Å². The van der Waals surface area contributed by atoms with Crippen LogP contribution in [-0.2, 0) is 4.79 Å². The fraction of sp³-hybridized carbons (Fsp3) is 0.938. The van der Waals surface area contributed by atoms with Gasteiger partial charge in [0.25, 0.3) is 0 Å². The van der Waals surface area contributed by atoms with Crippen LogP contribution in [0.4, 0.5) is 0 Å². The van der Waals surface area contributed by atoms with E-state index in [1.165, 1.54) is 38.5 Å². The van der Waals surface area contributed by atoms with Crippen molar-refractivity contribution in [2.24, 2.45) is 17.6 Å². The molecule has 0 bridgehead atoms. The molecule has 3 nitrogen and oxygen atoms in total. The second kappa shape index (κ2) is 7.28. The lowest BCUT2D eigenvalue weighted by molar-refractivity contribution is -0.139. The van der Waals surface area contributed by atoms with Gasteiger partial charge in [-0.05, 0) is 31.6 Å². The third-order valence-electron chi connectivity index (χ3n) is 5.02. The van der Waals surface area contributed by atoms with Crippen molar-refractivity contribution in [3.05, 3.63) is 0 Å². The molecule has 2 fully saturated rings. The lowest BCUT2D eigenvalue weighted by Crippen LogP contribution is -2.49. The molecule has 0 aromatic heterocycles. The summed E-state index contributed by atoms with van der Waals surface area (Å²) in [5, 5.41) is 0. The number of hydrogen-bond donors (Lipinski definition) is 1. The molecule has 2 N–H and O–H groups in total. The van der Waals surface area contributed by atoms with Crippen molar-refractivity contribution < 1.29 is 4.79 Å². The maximum absolute atomic E-state index is 12.6. The summed E-state index contributed by atoms with van der Waals surface area (Å²) in [6.45, 7) is 3.68. The Kier molecular flexibility index (Phi) is 5.68. The molecular formula is C16H30N2O. The van der Waals surface area contributed by atoms with Gasteiger partial charge in [-0.2, -0.15) is 0 Å². The van der Waals surface area contributed by atoms with Gasteiger partial charge in [-0.3, -0.25) is 4.79 Å². The first kappa shape index (κ1) is 14.8. The number of nitrogens with two attached hydrogens (primary N) is 1. The molecule has 19 heavy (non-hydrogen) atoms. The lowest BCUT2D eigenvalue weighted by Gasteiger charge is -2.37. The lowest BCUT2D eigenvalue weighted by atomic mass is 9.82. The van der Waals surface area contributed by atoms with E-state index in [0.717, 1.165) is 31.7 Å². The SMILES string of the molecule is CC(CC1CCCCC1)C(=O)N1CCCCC1CN. The number of rotatable bonds is 4. The van der Waals surface area contributed by atoms with Crippen LogP contribution in [0.5, 0.6) is 0 Å². The molecule has 1 aliphatic heterocycles. The maximum Gasteiger partial charge on any atom is 0.225 e. The quantitative estimate of drug-likeness (QED) is 0.850. The van der Waals surface area contributed by atoms with E-state index < -0.39 is 0 Å². The molecule has 110 valence electrons. The van der Waals surface area contributed by atoms with Gasteiger partial charge in [-0.1, -0.05) is 39.0 Å². The Morgan fingerprint density at radius 1 is 1.16 bits per heavy atom. The van der Waals surface area contributed by atoms with Gasteiger partial charge >= 0.3 is 0 Å². The van der Waals surface area contributed by atoms with Crippen LogP contribution in [0.3, 0.4) is 0 Å². The fourth-order valence-corrected chi connectivity index (χ4v) is 3.84. The molecular weight excluding hydrogens is 236 g/mol. The third-order valence-corrected chi connectivity index (χ3v) is 5.02. The summed E-state index contributed by atoms with van der Waals surface area (Å²) >= 11 is 0. The highest BCUT2D eigenvalue weighted by Crippen LogP contribution is 2.30. The molecule has 1 heterocycles. The van der Waals surface area contributed by atoms with Crippen molar-refractivity contribution in [2.45, 2.75) is 70.8 Å². The van der Waals surface area contributed by atoms with Crippen LogP contribution in [0.1, 0.15) is 64.7 Å². The summed E-state index contributed by atoms with van der Waals surface area (Å²) in [7, 11) is 0. The molecule has 1 amide bonds. The van der Waals surface area contributed by atoms with E-state index in [0.29, 0.717) is 18.5 Å². The summed E-state index contributed by atoms with van der Waals surface area (Å²) in [6.07, 6.45) is 11.3. The van der Waals surface area contributed by atoms with Crippen LogP contribution in [0, 0.1) is 11.8 Å². The van der Waals surface area contributed by atoms with E-state index in [2.05, 4.69) is 11.8 Å². The van der Waals surface area contributed by atoms with Crippen molar-refractivity contribution in [1.29, 1.82) is 0 Å². The average molecular weight is 266 g/mol. The fourth-order valence-electron chi connectivity index (χ4n) is 3.84. The van der Waals surface area contributed by atoms with Crippen molar-refractivity contribution in [3.8, 4) is 0 Å². The van der Waals surface area contributed by atoms with Crippen LogP contribution in [0.15, 0.2) is 0 Å². The minimum absolute atomic E-state index is 0.190. The summed E-state index contributed by atoms with van der Waals surface area (Å²) in [5.41, 5.74) is 5.82. The minimum atomic E-state index is 0.190. The van der Waals surface area contributed by atoms with Crippen LogP contribution in [0.25, 0.3) is 0 Å². The van der Waals surface area contributed by atoms with Crippen molar-refractivity contribution >= 4 is 5.91 Å². The van der Waals surface area contributed by atoms with Gasteiger partial charge in [0.1, 0.15) is 0 Å². The zero-order valence-corrected chi connectivity index (χ0v) is 12.4. The molecule has 2 rings (SSSR count). The first-order valence-electron chi connectivity index (χ1n) is 8.23. The van der Waals surface area contributed by atoms with Gasteiger partial charge in [0.15, 0.2) is 0 Å². The molecule has 0 aromatic carbocycles. The Hall–Kier alpha value is -0.570. The van der Waals surface area contributed by atoms with E-state index >= 15 is 0 Å². The molecule has 3 heteroatoms. The highest BCUT2D eigenvalue weighted by atomic mass is 16.2. The highest BCUT2D eigenvalue weighted by Gasteiger charge is 2.30. The maximum atomic E-state index is 12.6. The summed E-state index contributed by atoms with van der Waals surface area (Å²) in [6, 6.07) is 0.301. The number of carbonyl (C=O) groups excluding carboxylic acids is 1. The third kappa shape index (κ3) is 3.95. The molecule has 2 atom stereocenters. The predicted octanol–water partition coefficient (Wildman–Crippen LogP) is 2.93. The highest BCUT2D eigenvalue weighted by molar-refractivity contribution is 5.79. The number of amides is 1. The zero-order chi connectivity index (χ0) is 13.7. The number of piperidine rings is 1. The molecule has 0 spiro atoms. The summed E-state index contributed by atoms with van der Waals surface area (Å²) in [5.74, 6) is 1.34.